The van der Waals surface area contributed by atoms with E-state index in [4.69, 9.17) is 5.73 Å². The van der Waals surface area contributed by atoms with Crippen LogP contribution in [-0.4, -0.2) is 19.0 Å². The van der Waals surface area contributed by atoms with E-state index < -0.39 is 0 Å². The topological polar surface area (TPSA) is 55.1 Å². The molecule has 1 aromatic carbocycles. The zero-order valence-electron chi connectivity index (χ0n) is 13.4. The number of carbonyl (C=O) groups is 1. The van der Waals surface area contributed by atoms with Crippen molar-refractivity contribution in [3.63, 3.8) is 0 Å². The Labute approximate surface area is 153 Å². The Morgan fingerprint density at radius 3 is 2.48 bits per heavy atom. The molecule has 0 aliphatic heterocycles. The maximum atomic E-state index is 12.5. The second kappa shape index (κ2) is 8.00. The molecule has 0 bridgehead atoms. The number of halogens is 2. The molecule has 3 N–H and O–H groups in total. The number of nitrogens with one attached hydrogen (secondary N) is 1. The molecule has 5 heteroatoms. The third-order valence-electron chi connectivity index (χ3n) is 5.67. The van der Waals surface area contributed by atoms with E-state index in [0.29, 0.717) is 12.5 Å². The van der Waals surface area contributed by atoms with E-state index in [1.54, 1.807) is 0 Å². The summed E-state index contributed by atoms with van der Waals surface area (Å²) >= 11 is 3.49. The van der Waals surface area contributed by atoms with Crippen LogP contribution in [0.4, 0.5) is 0 Å². The first-order valence-electron chi connectivity index (χ1n) is 8.38. The standard InChI is InChI=1S/C18H25BrN2O.ClH/c19-15-7-5-14(6-8-15)18(9-2-10-18)12-21-17(22)16-4-1-3-13(16)11-20;/h5-8,13,16H,1-4,9-12,20H2,(H,21,22);1H/t13-,16-;/m1./s1. The highest BCUT2D eigenvalue weighted by Crippen LogP contribution is 2.43. The predicted molar refractivity (Wildman–Crippen MR) is 99.8 cm³/mol. The predicted octanol–water partition coefficient (Wildman–Crippen LogP) is 3.78. The van der Waals surface area contributed by atoms with Crippen molar-refractivity contribution in [3.8, 4) is 0 Å². The molecule has 2 aliphatic rings. The maximum Gasteiger partial charge on any atom is 0.223 e. The SMILES string of the molecule is Cl.NC[C@H]1CCC[C@H]1C(=O)NCC1(c2ccc(Br)cc2)CCC1. The first-order valence-corrected chi connectivity index (χ1v) is 9.18. The summed E-state index contributed by atoms with van der Waals surface area (Å²) in [5.74, 6) is 0.730. The van der Waals surface area contributed by atoms with Gasteiger partial charge in [-0.1, -0.05) is 40.9 Å². The van der Waals surface area contributed by atoms with Crippen molar-refractivity contribution >= 4 is 34.2 Å². The summed E-state index contributed by atoms with van der Waals surface area (Å²) in [5.41, 5.74) is 7.30. The van der Waals surface area contributed by atoms with Crippen LogP contribution in [0.15, 0.2) is 28.7 Å². The molecule has 0 heterocycles. The van der Waals surface area contributed by atoms with Crippen molar-refractivity contribution in [2.45, 2.75) is 43.9 Å². The van der Waals surface area contributed by atoms with Gasteiger partial charge in [0.25, 0.3) is 0 Å². The third kappa shape index (κ3) is 3.92. The summed E-state index contributed by atoms with van der Waals surface area (Å²) in [6, 6.07) is 8.57. The summed E-state index contributed by atoms with van der Waals surface area (Å²) in [6.07, 6.45) is 6.82. The van der Waals surface area contributed by atoms with Crippen molar-refractivity contribution in [3.05, 3.63) is 34.3 Å². The number of benzene rings is 1. The molecule has 2 atom stereocenters. The highest BCUT2D eigenvalue weighted by atomic mass is 79.9. The number of amides is 1. The molecule has 128 valence electrons. The molecule has 0 radical (unpaired) electrons. The Kier molecular flexibility index (Phi) is 6.52. The van der Waals surface area contributed by atoms with Crippen molar-refractivity contribution < 1.29 is 4.79 Å². The Balaban J connectivity index is 0.00000192. The van der Waals surface area contributed by atoms with Crippen LogP contribution in [0.5, 0.6) is 0 Å². The van der Waals surface area contributed by atoms with E-state index in [1.165, 1.54) is 24.8 Å². The van der Waals surface area contributed by atoms with Crippen LogP contribution < -0.4 is 11.1 Å². The van der Waals surface area contributed by atoms with Gasteiger partial charge in [0.2, 0.25) is 5.91 Å². The molecule has 3 nitrogen and oxygen atoms in total. The molecule has 2 aliphatic carbocycles. The monoisotopic (exact) mass is 400 g/mol. The van der Waals surface area contributed by atoms with Gasteiger partial charge >= 0.3 is 0 Å². The van der Waals surface area contributed by atoms with E-state index >= 15 is 0 Å². The second-order valence-corrected chi connectivity index (χ2v) is 7.81. The average molecular weight is 402 g/mol. The lowest BCUT2D eigenvalue weighted by Crippen LogP contribution is -2.47. The van der Waals surface area contributed by atoms with E-state index in [9.17, 15) is 4.79 Å². The van der Waals surface area contributed by atoms with Crippen LogP contribution in [0.1, 0.15) is 44.1 Å². The average Bonchev–Trinajstić information content (AvgIpc) is 2.96. The summed E-state index contributed by atoms with van der Waals surface area (Å²) in [7, 11) is 0. The Hall–Kier alpha value is -0.580. The molecule has 1 amide bonds. The van der Waals surface area contributed by atoms with Crippen LogP contribution in [0.3, 0.4) is 0 Å². The maximum absolute atomic E-state index is 12.5. The van der Waals surface area contributed by atoms with E-state index in [0.717, 1.165) is 30.3 Å². The lowest BCUT2D eigenvalue weighted by molar-refractivity contribution is -0.126. The molecule has 0 saturated heterocycles. The highest BCUT2D eigenvalue weighted by Gasteiger charge is 2.40. The number of rotatable bonds is 5. The first-order chi connectivity index (χ1) is 10.6. The fourth-order valence-electron chi connectivity index (χ4n) is 4.03. The zero-order chi connectivity index (χ0) is 15.6. The quantitative estimate of drug-likeness (QED) is 0.789. The molecule has 0 spiro atoms. The van der Waals surface area contributed by atoms with Gasteiger partial charge in [0.15, 0.2) is 0 Å². The summed E-state index contributed by atoms with van der Waals surface area (Å²) in [5, 5.41) is 3.24. The molecular weight excluding hydrogens is 376 g/mol. The van der Waals surface area contributed by atoms with Gasteiger partial charge in [0, 0.05) is 22.4 Å². The Morgan fingerprint density at radius 1 is 1.22 bits per heavy atom. The molecule has 0 aromatic heterocycles. The van der Waals surface area contributed by atoms with Crippen molar-refractivity contribution in [2.24, 2.45) is 17.6 Å². The van der Waals surface area contributed by atoms with Gasteiger partial charge < -0.3 is 11.1 Å². The molecule has 2 saturated carbocycles. The van der Waals surface area contributed by atoms with Crippen molar-refractivity contribution in [1.29, 1.82) is 0 Å². The van der Waals surface area contributed by atoms with Gasteiger partial charge in [-0.2, -0.15) is 0 Å². The molecule has 2 fully saturated rings. The number of carbonyl (C=O) groups excluding carboxylic acids is 1. The lowest BCUT2D eigenvalue weighted by Gasteiger charge is -2.43. The van der Waals surface area contributed by atoms with Crippen LogP contribution >= 0.6 is 28.3 Å². The van der Waals surface area contributed by atoms with Gasteiger partial charge in [-0.25, -0.2) is 0 Å². The number of nitrogens with two attached hydrogens (primary N) is 1. The van der Waals surface area contributed by atoms with E-state index in [2.05, 4.69) is 45.5 Å². The first kappa shape index (κ1) is 18.8. The molecule has 3 rings (SSSR count). The smallest absolute Gasteiger partial charge is 0.223 e. The minimum absolute atomic E-state index is 0. The minimum atomic E-state index is 0. The van der Waals surface area contributed by atoms with Gasteiger partial charge in [0.1, 0.15) is 0 Å². The second-order valence-electron chi connectivity index (χ2n) is 6.89. The Morgan fingerprint density at radius 2 is 1.91 bits per heavy atom. The van der Waals surface area contributed by atoms with E-state index in [-0.39, 0.29) is 29.6 Å². The minimum Gasteiger partial charge on any atom is -0.355 e. The van der Waals surface area contributed by atoms with Crippen LogP contribution in [0.2, 0.25) is 0 Å². The van der Waals surface area contributed by atoms with Crippen LogP contribution in [0, 0.1) is 11.8 Å². The molecular formula is C18H26BrClN2O. The molecule has 1 aromatic rings. The van der Waals surface area contributed by atoms with Crippen molar-refractivity contribution in [2.75, 3.05) is 13.1 Å². The summed E-state index contributed by atoms with van der Waals surface area (Å²) in [6.45, 7) is 1.40. The summed E-state index contributed by atoms with van der Waals surface area (Å²) in [4.78, 5) is 12.5. The fourth-order valence-corrected chi connectivity index (χ4v) is 4.29. The van der Waals surface area contributed by atoms with Gasteiger partial charge in [-0.15, -0.1) is 12.4 Å². The molecule has 23 heavy (non-hydrogen) atoms. The van der Waals surface area contributed by atoms with Crippen LogP contribution in [-0.2, 0) is 10.2 Å². The summed E-state index contributed by atoms with van der Waals surface area (Å²) < 4.78 is 1.10. The van der Waals surface area contributed by atoms with Crippen molar-refractivity contribution in [1.82, 2.24) is 5.32 Å². The lowest BCUT2D eigenvalue weighted by atomic mass is 9.64. The molecule has 0 unspecified atom stereocenters. The van der Waals surface area contributed by atoms with E-state index in [1.807, 2.05) is 0 Å². The highest BCUT2D eigenvalue weighted by molar-refractivity contribution is 9.10. The van der Waals surface area contributed by atoms with Gasteiger partial charge in [-0.05, 0) is 55.8 Å². The fraction of sp³-hybridized carbons (Fsp3) is 0.611. The zero-order valence-corrected chi connectivity index (χ0v) is 15.8. The normalized spacial score (nSPS) is 25.3. The Bertz CT molecular complexity index is 530. The van der Waals surface area contributed by atoms with Crippen LogP contribution in [0.25, 0.3) is 0 Å². The largest absolute Gasteiger partial charge is 0.355 e. The number of hydrogen-bond donors (Lipinski definition) is 2. The third-order valence-corrected chi connectivity index (χ3v) is 6.20. The van der Waals surface area contributed by atoms with Gasteiger partial charge in [-0.3, -0.25) is 4.79 Å². The van der Waals surface area contributed by atoms with Gasteiger partial charge in [0.05, 0.1) is 0 Å². The number of hydrogen-bond acceptors (Lipinski definition) is 2.